The van der Waals surface area contributed by atoms with Crippen LogP contribution in [0.1, 0.15) is 12.0 Å². The smallest absolute Gasteiger partial charge is 0.264 e. The molecule has 0 radical (unpaired) electrons. The van der Waals surface area contributed by atoms with Gasteiger partial charge in [0, 0.05) is 6.54 Å². The van der Waals surface area contributed by atoms with E-state index in [0.717, 1.165) is 9.87 Å². The van der Waals surface area contributed by atoms with E-state index in [1.165, 1.54) is 36.4 Å². The summed E-state index contributed by atoms with van der Waals surface area (Å²) in [5.41, 5.74) is 1.06. The lowest BCUT2D eigenvalue weighted by atomic mass is 10.1. The molecule has 1 amide bonds. The molecule has 1 N–H and O–H groups in total. The summed E-state index contributed by atoms with van der Waals surface area (Å²) in [6.07, 6.45) is 1.26. The van der Waals surface area contributed by atoms with Gasteiger partial charge in [0.15, 0.2) is 0 Å². The van der Waals surface area contributed by atoms with Crippen molar-refractivity contribution in [2.24, 2.45) is 0 Å². The zero-order valence-corrected chi connectivity index (χ0v) is 19.3. The molecule has 0 bridgehead atoms. The third kappa shape index (κ3) is 6.00. The highest BCUT2D eigenvalue weighted by molar-refractivity contribution is 7.92. The van der Waals surface area contributed by atoms with E-state index in [4.69, 9.17) is 23.2 Å². The van der Waals surface area contributed by atoms with E-state index in [-0.39, 0.29) is 26.4 Å². The van der Waals surface area contributed by atoms with Crippen LogP contribution in [0.5, 0.6) is 0 Å². The highest BCUT2D eigenvalue weighted by atomic mass is 35.5. The molecular formula is C23H21Cl2FN2O3S. The summed E-state index contributed by atoms with van der Waals surface area (Å²) in [4.78, 5) is 12.6. The third-order valence-electron chi connectivity index (χ3n) is 4.70. The Morgan fingerprint density at radius 1 is 0.938 bits per heavy atom. The van der Waals surface area contributed by atoms with Crippen LogP contribution in [0.4, 0.5) is 10.1 Å². The molecule has 0 aliphatic carbocycles. The fraction of sp³-hybridized carbons (Fsp3) is 0.174. The zero-order chi connectivity index (χ0) is 23.1. The minimum absolute atomic E-state index is 0.0279. The number of rotatable bonds is 9. The molecule has 32 heavy (non-hydrogen) atoms. The summed E-state index contributed by atoms with van der Waals surface area (Å²) in [7, 11) is -4.07. The molecule has 0 aliphatic rings. The second-order valence-electron chi connectivity index (χ2n) is 6.98. The quantitative estimate of drug-likeness (QED) is 0.422. The van der Waals surface area contributed by atoms with E-state index in [1.54, 1.807) is 36.4 Å². The van der Waals surface area contributed by atoms with Crippen LogP contribution in [0.25, 0.3) is 0 Å². The molecule has 0 saturated heterocycles. The highest BCUT2D eigenvalue weighted by Crippen LogP contribution is 2.35. The predicted octanol–water partition coefficient (Wildman–Crippen LogP) is 5.08. The number of nitrogens with one attached hydrogen (secondary N) is 1. The SMILES string of the molecule is O=C(CN(c1cccc(Cl)c1Cl)S(=O)(=O)c1ccccc1)NCCCc1ccc(F)cc1. The van der Waals surface area contributed by atoms with Crippen molar-refractivity contribution in [1.82, 2.24) is 5.32 Å². The fourth-order valence-electron chi connectivity index (χ4n) is 3.06. The van der Waals surface area contributed by atoms with Gasteiger partial charge in [0.1, 0.15) is 12.4 Å². The summed E-state index contributed by atoms with van der Waals surface area (Å²) in [5, 5.41) is 2.94. The van der Waals surface area contributed by atoms with Gasteiger partial charge in [-0.2, -0.15) is 0 Å². The van der Waals surface area contributed by atoms with E-state index < -0.39 is 22.5 Å². The number of anilines is 1. The maximum absolute atomic E-state index is 13.3. The summed E-state index contributed by atoms with van der Waals surface area (Å²) in [6.45, 7) is -0.132. The Kier molecular flexibility index (Phi) is 8.12. The number of benzene rings is 3. The minimum Gasteiger partial charge on any atom is -0.355 e. The van der Waals surface area contributed by atoms with Crippen molar-refractivity contribution < 1.29 is 17.6 Å². The van der Waals surface area contributed by atoms with Crippen LogP contribution in [-0.4, -0.2) is 27.4 Å². The standard InChI is InChI=1S/C23H21Cl2FN2O3S/c24-20-9-4-10-21(23(20)25)28(32(30,31)19-7-2-1-3-8-19)16-22(29)27-15-5-6-17-11-13-18(26)14-12-17/h1-4,7-14H,5-6,15-16H2,(H,27,29). The molecule has 0 spiro atoms. The highest BCUT2D eigenvalue weighted by Gasteiger charge is 2.29. The van der Waals surface area contributed by atoms with Gasteiger partial charge < -0.3 is 5.32 Å². The molecule has 3 rings (SSSR count). The van der Waals surface area contributed by atoms with E-state index in [2.05, 4.69) is 5.32 Å². The number of sulfonamides is 1. The summed E-state index contributed by atoms with van der Waals surface area (Å²) in [5.74, 6) is -0.791. The van der Waals surface area contributed by atoms with Crippen LogP contribution in [0.15, 0.2) is 77.7 Å². The van der Waals surface area contributed by atoms with E-state index in [0.29, 0.717) is 19.4 Å². The summed E-state index contributed by atoms with van der Waals surface area (Å²) < 4.78 is 40.5. The van der Waals surface area contributed by atoms with Gasteiger partial charge in [-0.25, -0.2) is 12.8 Å². The Labute approximate surface area is 196 Å². The maximum atomic E-state index is 13.3. The first-order valence-electron chi connectivity index (χ1n) is 9.82. The second-order valence-corrected chi connectivity index (χ2v) is 9.63. The number of halogens is 3. The first-order chi connectivity index (χ1) is 15.3. The molecule has 9 heteroatoms. The minimum atomic E-state index is -4.07. The molecule has 3 aromatic carbocycles. The van der Waals surface area contributed by atoms with Gasteiger partial charge in [0.05, 0.1) is 20.6 Å². The molecule has 0 saturated carbocycles. The number of nitrogens with zero attached hydrogens (tertiary/aromatic N) is 1. The average molecular weight is 495 g/mol. The van der Waals surface area contributed by atoms with Crippen LogP contribution in [0, 0.1) is 5.82 Å². The number of amides is 1. The molecule has 0 aliphatic heterocycles. The molecular weight excluding hydrogens is 474 g/mol. The van der Waals surface area contributed by atoms with Crippen molar-refractivity contribution in [3.05, 3.63) is 94.2 Å². The van der Waals surface area contributed by atoms with Crippen molar-refractivity contribution in [2.75, 3.05) is 17.4 Å². The number of hydrogen-bond donors (Lipinski definition) is 1. The van der Waals surface area contributed by atoms with Crippen molar-refractivity contribution in [3.63, 3.8) is 0 Å². The zero-order valence-electron chi connectivity index (χ0n) is 17.0. The lowest BCUT2D eigenvalue weighted by Gasteiger charge is -2.25. The number of hydrogen-bond acceptors (Lipinski definition) is 3. The molecule has 168 valence electrons. The molecule has 0 fully saturated rings. The Balaban J connectivity index is 1.73. The van der Waals surface area contributed by atoms with Crippen LogP contribution < -0.4 is 9.62 Å². The Hall–Kier alpha value is -2.61. The summed E-state index contributed by atoms with van der Waals surface area (Å²) in [6, 6.07) is 18.5. The van der Waals surface area contributed by atoms with Crippen molar-refractivity contribution >= 4 is 44.8 Å². The van der Waals surface area contributed by atoms with Crippen molar-refractivity contribution in [2.45, 2.75) is 17.7 Å². The van der Waals surface area contributed by atoms with Crippen LogP contribution in [0.3, 0.4) is 0 Å². The Morgan fingerprint density at radius 3 is 2.31 bits per heavy atom. The Bertz CT molecular complexity index is 1170. The Morgan fingerprint density at radius 2 is 1.62 bits per heavy atom. The van der Waals surface area contributed by atoms with Crippen LogP contribution >= 0.6 is 23.2 Å². The van der Waals surface area contributed by atoms with E-state index in [1.807, 2.05) is 0 Å². The van der Waals surface area contributed by atoms with Gasteiger partial charge in [-0.15, -0.1) is 0 Å². The van der Waals surface area contributed by atoms with Gasteiger partial charge in [-0.3, -0.25) is 9.10 Å². The van der Waals surface area contributed by atoms with E-state index in [9.17, 15) is 17.6 Å². The van der Waals surface area contributed by atoms with Gasteiger partial charge in [-0.1, -0.05) is 59.6 Å². The summed E-state index contributed by atoms with van der Waals surface area (Å²) >= 11 is 12.4. The lowest BCUT2D eigenvalue weighted by Crippen LogP contribution is -2.41. The maximum Gasteiger partial charge on any atom is 0.264 e. The van der Waals surface area contributed by atoms with Crippen molar-refractivity contribution in [3.8, 4) is 0 Å². The largest absolute Gasteiger partial charge is 0.355 e. The molecule has 0 unspecified atom stereocenters. The second kappa shape index (κ2) is 10.8. The van der Waals surface area contributed by atoms with Gasteiger partial charge >= 0.3 is 0 Å². The predicted molar refractivity (Wildman–Crippen MR) is 125 cm³/mol. The van der Waals surface area contributed by atoms with Crippen LogP contribution in [0.2, 0.25) is 10.0 Å². The van der Waals surface area contributed by atoms with E-state index >= 15 is 0 Å². The molecule has 3 aromatic rings. The van der Waals surface area contributed by atoms with Crippen molar-refractivity contribution in [1.29, 1.82) is 0 Å². The lowest BCUT2D eigenvalue weighted by molar-refractivity contribution is -0.119. The molecule has 5 nitrogen and oxygen atoms in total. The number of carbonyl (C=O) groups excluding carboxylic acids is 1. The van der Waals surface area contributed by atoms with Gasteiger partial charge in [-0.05, 0) is 54.8 Å². The van der Waals surface area contributed by atoms with Crippen LogP contribution in [-0.2, 0) is 21.2 Å². The average Bonchev–Trinajstić information content (AvgIpc) is 2.79. The van der Waals surface area contributed by atoms with Gasteiger partial charge in [0.25, 0.3) is 10.0 Å². The fourth-order valence-corrected chi connectivity index (χ4v) is 4.96. The monoisotopic (exact) mass is 494 g/mol. The molecule has 0 heterocycles. The number of aryl methyl sites for hydroxylation is 1. The van der Waals surface area contributed by atoms with Gasteiger partial charge in [0.2, 0.25) is 5.91 Å². The first-order valence-corrected chi connectivity index (χ1v) is 12.0. The third-order valence-corrected chi connectivity index (χ3v) is 7.28. The molecule has 0 atom stereocenters. The normalized spacial score (nSPS) is 11.2. The number of carbonyl (C=O) groups is 1. The molecule has 0 aromatic heterocycles. The topological polar surface area (TPSA) is 66.5 Å². The first kappa shape index (κ1) is 24.0.